The summed E-state index contributed by atoms with van der Waals surface area (Å²) < 4.78 is 10.2. The topological polar surface area (TPSA) is 165 Å². The van der Waals surface area contributed by atoms with E-state index in [9.17, 15) is 19.2 Å². The van der Waals surface area contributed by atoms with E-state index in [1.807, 2.05) is 43.4 Å². The van der Waals surface area contributed by atoms with Crippen molar-refractivity contribution in [1.82, 2.24) is 38.7 Å². The van der Waals surface area contributed by atoms with Gasteiger partial charge in [-0.3, -0.25) is 28.4 Å². The van der Waals surface area contributed by atoms with Gasteiger partial charge in [0.15, 0.2) is 11.5 Å². The van der Waals surface area contributed by atoms with E-state index in [4.69, 9.17) is 14.8 Å². The van der Waals surface area contributed by atoms with Crippen LogP contribution in [0, 0.1) is 19.8 Å². The lowest BCUT2D eigenvalue weighted by atomic mass is 9.88. The molecule has 4 aromatic carbocycles. The van der Waals surface area contributed by atoms with Crippen LogP contribution in [-0.4, -0.2) is 89.7 Å². The summed E-state index contributed by atoms with van der Waals surface area (Å²) in [5.41, 5.74) is 9.07. The number of imide groups is 1. The predicted octanol–water partition coefficient (Wildman–Crippen LogP) is 7.64. The third kappa shape index (κ3) is 8.43. The van der Waals surface area contributed by atoms with Gasteiger partial charge in [-0.25, -0.2) is 14.5 Å². The fraction of sp³-hybridized carbons (Fsp3) is 0.365. The Bertz CT molecular complexity index is 3080. The van der Waals surface area contributed by atoms with Gasteiger partial charge in [-0.2, -0.15) is 10.1 Å². The third-order valence-electron chi connectivity index (χ3n) is 14.3. The minimum Gasteiger partial charge on any atom is -0.497 e. The molecule has 0 saturated carbocycles. The van der Waals surface area contributed by atoms with Crippen LogP contribution in [-0.2, 0) is 35.0 Å². The number of amides is 3. The van der Waals surface area contributed by atoms with Crippen molar-refractivity contribution in [3.05, 3.63) is 124 Å². The van der Waals surface area contributed by atoms with E-state index in [2.05, 4.69) is 75.7 Å². The number of hydrogen-bond donors (Lipinski definition) is 2. The Kier molecular flexibility index (Phi) is 11.9. The minimum absolute atomic E-state index is 0.0314. The number of para-hydroxylation sites is 1. The summed E-state index contributed by atoms with van der Waals surface area (Å²) in [5.74, 6) is 1.86. The van der Waals surface area contributed by atoms with E-state index in [-0.39, 0.29) is 48.7 Å². The maximum Gasteiger partial charge on any atom is 0.329 e. The Morgan fingerprint density at radius 1 is 0.809 bits per heavy atom. The van der Waals surface area contributed by atoms with Crippen LogP contribution in [0.4, 0.5) is 28.8 Å². The zero-order valence-corrected chi connectivity index (χ0v) is 39.2. The number of fused-ring (bicyclic) bond motifs is 2. The van der Waals surface area contributed by atoms with Gasteiger partial charge in [-0.15, -0.1) is 0 Å². The molecule has 16 nitrogen and oxygen atoms in total. The van der Waals surface area contributed by atoms with E-state index < -0.39 is 6.04 Å². The van der Waals surface area contributed by atoms with Gasteiger partial charge in [-0.05, 0) is 117 Å². The number of hydrogen-bond acceptors (Lipinski definition) is 11. The Labute approximate surface area is 394 Å². The average molecular weight is 916 g/mol. The van der Waals surface area contributed by atoms with Crippen LogP contribution in [0.25, 0.3) is 22.1 Å². The molecule has 0 aliphatic carbocycles. The Balaban J connectivity index is 0.723. The lowest BCUT2D eigenvalue weighted by Crippen LogP contribution is -2.47. The number of carbonyl (C=O) groups is 3. The molecule has 1 atom stereocenters. The highest BCUT2D eigenvalue weighted by Crippen LogP contribution is 2.35. The van der Waals surface area contributed by atoms with Gasteiger partial charge in [0.25, 0.3) is 5.91 Å². The number of anilines is 5. The zero-order chi connectivity index (χ0) is 47.2. The monoisotopic (exact) mass is 915 g/mol. The fourth-order valence-electron chi connectivity index (χ4n) is 10.4. The van der Waals surface area contributed by atoms with E-state index in [1.165, 1.54) is 10.5 Å². The summed E-state index contributed by atoms with van der Waals surface area (Å²) in [4.78, 5) is 69.5. The molecular weight excluding hydrogens is 859 g/mol. The summed E-state index contributed by atoms with van der Waals surface area (Å²) in [7, 11) is 5.19. The quantitative estimate of drug-likeness (QED) is 0.123. The van der Waals surface area contributed by atoms with E-state index >= 15 is 0 Å². The van der Waals surface area contributed by atoms with Crippen LogP contribution in [0.5, 0.6) is 5.75 Å². The normalized spacial score (nSPS) is 17.4. The molecule has 350 valence electrons. The second kappa shape index (κ2) is 18.3. The fourth-order valence-corrected chi connectivity index (χ4v) is 10.4. The molecule has 2 N–H and O–H groups in total. The molecular formula is C52H57N11O5. The van der Waals surface area contributed by atoms with E-state index in [0.29, 0.717) is 23.1 Å². The molecule has 16 heteroatoms. The van der Waals surface area contributed by atoms with Gasteiger partial charge in [0, 0.05) is 75.9 Å². The highest BCUT2D eigenvalue weighted by Gasteiger charge is 2.38. The zero-order valence-electron chi connectivity index (χ0n) is 39.2. The lowest BCUT2D eigenvalue weighted by molar-refractivity contribution is -0.151. The molecule has 1 unspecified atom stereocenters. The maximum atomic E-state index is 13.9. The van der Waals surface area contributed by atoms with Crippen LogP contribution in [0.3, 0.4) is 0 Å². The summed E-state index contributed by atoms with van der Waals surface area (Å²) in [6.45, 7) is 7.21. The molecule has 68 heavy (non-hydrogen) atoms. The summed E-state index contributed by atoms with van der Waals surface area (Å²) in [6.07, 6.45) is 5.57. The van der Waals surface area contributed by atoms with Gasteiger partial charge >= 0.3 is 5.69 Å². The standard InChI is InChI=1S/C52H57N11O5/c1-32-7-6-8-33(2)46(32)55-47-41-30-53-51(56-48(41)59(4)57-47)54-38-13-11-35(12-14-38)36-21-27-61(28-22-36)49(65)37-23-25-60(26-24-37)39-15-18-42-44(29-39)58(3)52(67)63(42)43-19-20-45(64)62(50(43)66)31-34-9-16-40(68-5)17-10-34/h6-18,29-30,36-37,43H,19-28,31H2,1-5H3,(H,55,57)(H,53,54,56). The molecule has 3 aliphatic rings. The van der Waals surface area contributed by atoms with Crippen LogP contribution in [0.1, 0.15) is 72.7 Å². The molecule has 0 radical (unpaired) electrons. The number of carbonyl (C=O) groups excluding carboxylic acids is 3. The SMILES string of the molecule is COc1ccc(CN2C(=O)CCC(n3c(=O)n(C)c4cc(N5CCC(C(=O)N6CCC(c7ccc(Nc8ncc9c(Nc%10c(C)cccc%10C)nn(C)c9n8)cc7)CC6)CC5)ccc43)C2=O)cc1. The van der Waals surface area contributed by atoms with Crippen LogP contribution in [0.2, 0.25) is 0 Å². The van der Waals surface area contributed by atoms with Gasteiger partial charge in [0.05, 0.1) is 30.1 Å². The van der Waals surface area contributed by atoms with Crippen molar-refractivity contribution in [3.8, 4) is 5.75 Å². The van der Waals surface area contributed by atoms with Crippen LogP contribution < -0.4 is 26.0 Å². The van der Waals surface area contributed by atoms with Gasteiger partial charge in [0.1, 0.15) is 11.8 Å². The van der Waals surface area contributed by atoms with Crippen molar-refractivity contribution >= 4 is 68.6 Å². The molecule has 3 amide bonds. The number of methoxy groups -OCH3 is 1. The number of rotatable bonds is 11. The molecule has 3 aromatic heterocycles. The Morgan fingerprint density at radius 2 is 1.53 bits per heavy atom. The molecule has 0 bridgehead atoms. The van der Waals surface area contributed by atoms with Crippen LogP contribution >= 0.6 is 0 Å². The molecule has 3 aliphatic heterocycles. The first-order chi connectivity index (χ1) is 32.9. The molecule has 3 saturated heterocycles. The third-order valence-corrected chi connectivity index (χ3v) is 14.3. The van der Waals surface area contributed by atoms with Crippen molar-refractivity contribution in [2.75, 3.05) is 48.8 Å². The smallest absolute Gasteiger partial charge is 0.329 e. The van der Waals surface area contributed by atoms with E-state index in [1.54, 1.807) is 46.3 Å². The largest absolute Gasteiger partial charge is 0.497 e. The highest BCUT2D eigenvalue weighted by molar-refractivity contribution is 6.00. The summed E-state index contributed by atoms with van der Waals surface area (Å²) in [5, 5.41) is 12.4. The number of benzene rings is 4. The molecule has 6 heterocycles. The number of nitrogens with one attached hydrogen (secondary N) is 2. The number of aryl methyl sites for hydroxylation is 4. The minimum atomic E-state index is -0.786. The number of aromatic nitrogens is 6. The number of imidazole rings is 1. The number of likely N-dealkylation sites (tertiary alicyclic amines) is 2. The first kappa shape index (κ1) is 44.4. The first-order valence-corrected chi connectivity index (χ1v) is 23.6. The average Bonchev–Trinajstić information content (AvgIpc) is 3.81. The number of piperidine rings is 3. The molecule has 3 fully saturated rings. The van der Waals surface area contributed by atoms with Crippen molar-refractivity contribution in [2.24, 2.45) is 20.0 Å². The van der Waals surface area contributed by atoms with Crippen molar-refractivity contribution in [1.29, 1.82) is 0 Å². The highest BCUT2D eigenvalue weighted by atomic mass is 16.5. The van der Waals surface area contributed by atoms with E-state index in [0.717, 1.165) is 108 Å². The van der Waals surface area contributed by atoms with Gasteiger partial charge in [0.2, 0.25) is 17.8 Å². The number of nitrogens with zero attached hydrogens (tertiary/aromatic N) is 9. The van der Waals surface area contributed by atoms with Crippen LogP contribution in [0.15, 0.2) is 95.9 Å². The number of ether oxygens (including phenoxy) is 1. The van der Waals surface area contributed by atoms with Crippen molar-refractivity contribution < 1.29 is 19.1 Å². The van der Waals surface area contributed by atoms with Gasteiger partial charge < -0.3 is 25.2 Å². The molecule has 7 aromatic rings. The molecule has 0 spiro atoms. The second-order valence-electron chi connectivity index (χ2n) is 18.5. The van der Waals surface area contributed by atoms with Gasteiger partial charge in [-0.1, -0.05) is 42.5 Å². The Morgan fingerprint density at radius 3 is 2.24 bits per heavy atom. The first-order valence-electron chi connectivity index (χ1n) is 23.6. The lowest BCUT2D eigenvalue weighted by Gasteiger charge is -2.38. The summed E-state index contributed by atoms with van der Waals surface area (Å²) >= 11 is 0. The predicted molar refractivity (Wildman–Crippen MR) is 263 cm³/mol. The Hall–Kier alpha value is -7.49. The molecule has 10 rings (SSSR count). The maximum absolute atomic E-state index is 13.9. The van der Waals surface area contributed by atoms with Crippen molar-refractivity contribution in [3.63, 3.8) is 0 Å². The summed E-state index contributed by atoms with van der Waals surface area (Å²) in [6, 6.07) is 27.1. The van der Waals surface area contributed by atoms with Crippen molar-refractivity contribution in [2.45, 2.75) is 70.9 Å². The second-order valence-corrected chi connectivity index (χ2v) is 18.5.